The fourth-order valence-electron chi connectivity index (χ4n) is 0.792. The molecule has 0 N–H and O–H groups in total. The van der Waals surface area contributed by atoms with Gasteiger partial charge in [0.2, 0.25) is 0 Å². The van der Waals surface area contributed by atoms with Crippen molar-refractivity contribution in [2.75, 3.05) is 0 Å². The molecule has 0 heterocycles. The van der Waals surface area contributed by atoms with Crippen LogP contribution in [0.1, 0.15) is 46.0 Å². The predicted molar refractivity (Wildman–Crippen MR) is 64.8 cm³/mol. The third-order valence-electron chi connectivity index (χ3n) is 1.61. The molecule has 0 aliphatic rings. The summed E-state index contributed by atoms with van der Waals surface area (Å²) in [6.07, 6.45) is 14.0. The van der Waals surface area contributed by atoms with E-state index in [4.69, 9.17) is 0 Å². The van der Waals surface area contributed by atoms with Gasteiger partial charge in [-0.05, 0) is 25.0 Å². The Bertz CT molecular complexity index is 181. The minimum Gasteiger partial charge on any atom is -0.299 e. The van der Waals surface area contributed by atoms with E-state index in [9.17, 15) is 9.59 Å². The van der Waals surface area contributed by atoms with Crippen molar-refractivity contribution in [3.05, 3.63) is 24.3 Å². The van der Waals surface area contributed by atoms with Gasteiger partial charge in [-0.1, -0.05) is 45.3 Å². The number of aldehydes is 2. The van der Waals surface area contributed by atoms with Gasteiger partial charge < -0.3 is 0 Å². The summed E-state index contributed by atoms with van der Waals surface area (Å²) in [5.74, 6) is 0. The van der Waals surface area contributed by atoms with Gasteiger partial charge in [0.05, 0.1) is 0 Å². The van der Waals surface area contributed by atoms with Crippen molar-refractivity contribution in [1.29, 1.82) is 0 Å². The van der Waals surface area contributed by atoms with Gasteiger partial charge in [0.15, 0.2) is 0 Å². The lowest BCUT2D eigenvalue weighted by Gasteiger charge is -1.83. The Labute approximate surface area is 93.1 Å². The number of carbonyl (C=O) groups excluding carboxylic acids is 2. The smallest absolute Gasteiger partial charge is 0.142 e. The van der Waals surface area contributed by atoms with Crippen molar-refractivity contribution in [3.63, 3.8) is 0 Å². The van der Waals surface area contributed by atoms with Crippen LogP contribution < -0.4 is 0 Å². The molecule has 0 aliphatic heterocycles. The van der Waals surface area contributed by atoms with Gasteiger partial charge in [-0.3, -0.25) is 9.59 Å². The fourth-order valence-corrected chi connectivity index (χ4v) is 0.792. The van der Waals surface area contributed by atoms with Gasteiger partial charge in [0.25, 0.3) is 0 Å². The third kappa shape index (κ3) is 24.5. The monoisotopic (exact) mass is 210 g/mol. The molecule has 0 rings (SSSR count). The molecule has 0 radical (unpaired) electrons. The van der Waals surface area contributed by atoms with Crippen LogP contribution >= 0.6 is 0 Å². The third-order valence-corrected chi connectivity index (χ3v) is 1.61. The number of carbonyl (C=O) groups is 2. The molecule has 0 unspecified atom stereocenters. The Balaban J connectivity index is 0. The zero-order valence-electron chi connectivity index (χ0n) is 9.82. The first kappa shape index (κ1) is 16.3. The van der Waals surface area contributed by atoms with Crippen LogP contribution in [0.2, 0.25) is 0 Å². The maximum Gasteiger partial charge on any atom is 0.142 e. The molecule has 0 aromatic rings. The van der Waals surface area contributed by atoms with E-state index in [1.165, 1.54) is 18.9 Å². The normalized spacial score (nSPS) is 10.0. The fraction of sp³-hybridized carbons (Fsp3) is 0.538. The molecule has 0 aliphatic carbocycles. The van der Waals surface area contributed by atoms with Crippen LogP contribution in [-0.2, 0) is 9.59 Å². The molecule has 2 heteroatoms. The summed E-state index contributed by atoms with van der Waals surface area (Å²) in [4.78, 5) is 19.3. The number of hydrogen-bond acceptors (Lipinski definition) is 2. The summed E-state index contributed by atoms with van der Waals surface area (Å²) in [5, 5.41) is 0. The van der Waals surface area contributed by atoms with E-state index in [1.54, 1.807) is 6.08 Å². The van der Waals surface area contributed by atoms with E-state index in [0.717, 1.165) is 31.8 Å². The van der Waals surface area contributed by atoms with E-state index in [2.05, 4.69) is 13.8 Å². The SMILES string of the molecule is CCCC=CC=O.CCCCC=CC=O. The van der Waals surface area contributed by atoms with Gasteiger partial charge >= 0.3 is 0 Å². The molecular weight excluding hydrogens is 188 g/mol. The van der Waals surface area contributed by atoms with Gasteiger partial charge in [0, 0.05) is 0 Å². The molecule has 0 amide bonds. The summed E-state index contributed by atoms with van der Waals surface area (Å²) < 4.78 is 0. The molecule has 86 valence electrons. The molecule has 0 fully saturated rings. The van der Waals surface area contributed by atoms with Crippen LogP contribution in [0.25, 0.3) is 0 Å². The Hall–Kier alpha value is -1.18. The second-order valence-electron chi connectivity index (χ2n) is 3.06. The first-order valence-electron chi connectivity index (χ1n) is 5.54. The lowest BCUT2D eigenvalue weighted by molar-refractivity contribution is -0.104. The number of unbranched alkanes of at least 4 members (excludes halogenated alkanes) is 3. The topological polar surface area (TPSA) is 34.1 Å². The highest BCUT2D eigenvalue weighted by Crippen LogP contribution is 1.93. The van der Waals surface area contributed by atoms with E-state index < -0.39 is 0 Å². The highest BCUT2D eigenvalue weighted by molar-refractivity contribution is 5.64. The molecule has 0 spiro atoms. The van der Waals surface area contributed by atoms with Crippen LogP contribution in [0, 0.1) is 0 Å². The predicted octanol–water partition coefficient (Wildman–Crippen LogP) is 3.47. The maximum absolute atomic E-state index is 9.68. The van der Waals surface area contributed by atoms with Crippen molar-refractivity contribution >= 4 is 12.6 Å². The lowest BCUT2D eigenvalue weighted by atomic mass is 10.2. The van der Waals surface area contributed by atoms with Gasteiger partial charge in [0.1, 0.15) is 12.6 Å². The van der Waals surface area contributed by atoms with Crippen LogP contribution in [0.3, 0.4) is 0 Å². The van der Waals surface area contributed by atoms with Crippen molar-refractivity contribution < 1.29 is 9.59 Å². The zero-order chi connectivity index (χ0) is 11.8. The van der Waals surface area contributed by atoms with Gasteiger partial charge in [-0.2, -0.15) is 0 Å². The Kier molecular flexibility index (Phi) is 20.1. The summed E-state index contributed by atoms with van der Waals surface area (Å²) in [6.45, 7) is 4.21. The number of hydrogen-bond donors (Lipinski definition) is 0. The summed E-state index contributed by atoms with van der Waals surface area (Å²) in [5.41, 5.74) is 0. The Morgan fingerprint density at radius 3 is 1.73 bits per heavy atom. The van der Waals surface area contributed by atoms with Crippen molar-refractivity contribution in [1.82, 2.24) is 0 Å². The zero-order valence-corrected chi connectivity index (χ0v) is 9.82. The molecule has 0 aromatic carbocycles. The molecule has 0 saturated heterocycles. The first-order valence-corrected chi connectivity index (χ1v) is 5.54. The van der Waals surface area contributed by atoms with Crippen LogP contribution in [0.5, 0.6) is 0 Å². The minimum atomic E-state index is 0.801. The molecule has 2 nitrogen and oxygen atoms in total. The quantitative estimate of drug-likeness (QED) is 0.366. The summed E-state index contributed by atoms with van der Waals surface area (Å²) in [6, 6.07) is 0. The maximum atomic E-state index is 9.68. The van der Waals surface area contributed by atoms with Crippen molar-refractivity contribution in [3.8, 4) is 0 Å². The molecule has 0 bridgehead atoms. The van der Waals surface area contributed by atoms with E-state index in [1.807, 2.05) is 12.2 Å². The van der Waals surface area contributed by atoms with E-state index >= 15 is 0 Å². The van der Waals surface area contributed by atoms with Crippen LogP contribution in [-0.4, -0.2) is 12.6 Å². The van der Waals surface area contributed by atoms with Crippen molar-refractivity contribution in [2.24, 2.45) is 0 Å². The van der Waals surface area contributed by atoms with Crippen LogP contribution in [0.4, 0.5) is 0 Å². The first-order chi connectivity index (χ1) is 7.33. The average Bonchev–Trinajstić information content (AvgIpc) is 2.26. The lowest BCUT2D eigenvalue weighted by Crippen LogP contribution is -1.66. The highest BCUT2D eigenvalue weighted by atomic mass is 16.1. The molecular formula is C13H22O2. The molecule has 0 saturated carbocycles. The van der Waals surface area contributed by atoms with Gasteiger partial charge in [-0.25, -0.2) is 0 Å². The van der Waals surface area contributed by atoms with E-state index in [-0.39, 0.29) is 0 Å². The Morgan fingerprint density at radius 2 is 1.33 bits per heavy atom. The molecule has 0 atom stereocenters. The van der Waals surface area contributed by atoms with Gasteiger partial charge in [-0.15, -0.1) is 0 Å². The average molecular weight is 210 g/mol. The standard InChI is InChI=1S/C7H12O.C6H10O/c1-2-3-4-5-6-7-8;1-2-3-4-5-6-7/h5-7H,2-4H2,1H3;4-6H,2-3H2,1H3. The largest absolute Gasteiger partial charge is 0.299 e. The summed E-state index contributed by atoms with van der Waals surface area (Å²) >= 11 is 0. The highest BCUT2D eigenvalue weighted by Gasteiger charge is 1.74. The second kappa shape index (κ2) is 18.6. The number of rotatable bonds is 7. The van der Waals surface area contributed by atoms with Crippen LogP contribution in [0.15, 0.2) is 24.3 Å². The summed E-state index contributed by atoms with van der Waals surface area (Å²) in [7, 11) is 0. The number of allylic oxidation sites excluding steroid dienone is 4. The molecule has 0 aromatic heterocycles. The minimum absolute atomic E-state index is 0.801. The Morgan fingerprint density at radius 1 is 0.800 bits per heavy atom. The van der Waals surface area contributed by atoms with E-state index in [0.29, 0.717) is 0 Å². The molecule has 15 heavy (non-hydrogen) atoms. The van der Waals surface area contributed by atoms with Crippen molar-refractivity contribution in [2.45, 2.75) is 46.0 Å². The second-order valence-corrected chi connectivity index (χ2v) is 3.06.